The fraction of sp³-hybridized carbons (Fsp3) is 0.323. The van der Waals surface area contributed by atoms with E-state index in [-0.39, 0.29) is 49.3 Å². The Labute approximate surface area is 257 Å². The molecule has 226 valence electrons. The van der Waals surface area contributed by atoms with E-state index < -0.39 is 52.8 Å². The van der Waals surface area contributed by atoms with Gasteiger partial charge in [0, 0.05) is 17.5 Å². The number of hydrogen-bond donors (Lipinski definition) is 4. The van der Waals surface area contributed by atoms with Crippen LogP contribution >= 0.6 is 23.2 Å². The Hall–Kier alpha value is -3.73. The van der Waals surface area contributed by atoms with Crippen molar-refractivity contribution < 1.29 is 27.9 Å². The molecule has 2 aliphatic heterocycles. The highest BCUT2D eigenvalue weighted by molar-refractivity contribution is 6.31. The zero-order chi connectivity index (χ0) is 31.4. The number of hydrogen-bond acceptors (Lipinski definition) is 5. The van der Waals surface area contributed by atoms with Gasteiger partial charge in [0.2, 0.25) is 17.7 Å². The molecule has 0 aromatic heterocycles. The molecule has 2 aliphatic rings. The molecule has 0 radical (unpaired) electrons. The van der Waals surface area contributed by atoms with Crippen LogP contribution in [0.25, 0.3) is 0 Å². The number of nitrogens with two attached hydrogens (primary N) is 1. The van der Waals surface area contributed by atoms with Crippen molar-refractivity contribution in [2.24, 2.45) is 11.1 Å². The topological polar surface area (TPSA) is 123 Å². The lowest BCUT2D eigenvalue weighted by Gasteiger charge is -2.37. The maximum atomic E-state index is 15.9. The number of benzene rings is 3. The minimum Gasteiger partial charge on any atom is -0.495 e. The molecule has 0 aliphatic carbocycles. The third kappa shape index (κ3) is 5.11. The SMILES string of the molecule is COc1cc(C(N)=O)ccc1NC(=O)[C@@H]1N[C@@H](CC(C)(C)C)C2(C(=O)Nc3c2ccc(Cl)c3F)[C@@H]1c1cccc(Cl)c1F. The molecule has 1 spiro atoms. The Kier molecular flexibility index (Phi) is 7.91. The number of nitrogens with one attached hydrogen (secondary N) is 3. The molecule has 43 heavy (non-hydrogen) atoms. The summed E-state index contributed by atoms with van der Waals surface area (Å²) in [6.07, 6.45) is 0.350. The van der Waals surface area contributed by atoms with Gasteiger partial charge in [0.25, 0.3) is 0 Å². The lowest BCUT2D eigenvalue weighted by molar-refractivity contribution is -0.122. The van der Waals surface area contributed by atoms with Crippen LogP contribution in [0.5, 0.6) is 5.75 Å². The Balaban J connectivity index is 1.72. The Morgan fingerprint density at radius 1 is 1.07 bits per heavy atom. The van der Waals surface area contributed by atoms with E-state index >= 15 is 8.78 Å². The second kappa shape index (κ2) is 11.1. The summed E-state index contributed by atoms with van der Waals surface area (Å²) >= 11 is 12.3. The van der Waals surface area contributed by atoms with Crippen molar-refractivity contribution in [3.8, 4) is 5.75 Å². The first-order valence-corrected chi connectivity index (χ1v) is 14.2. The summed E-state index contributed by atoms with van der Waals surface area (Å²) in [5.41, 5.74) is 3.90. The predicted octanol–water partition coefficient (Wildman–Crippen LogP) is 5.77. The van der Waals surface area contributed by atoms with Crippen molar-refractivity contribution in [2.45, 2.75) is 50.6 Å². The summed E-state index contributed by atoms with van der Waals surface area (Å²) in [6.45, 7) is 5.89. The van der Waals surface area contributed by atoms with E-state index in [9.17, 15) is 14.4 Å². The molecule has 1 saturated heterocycles. The van der Waals surface area contributed by atoms with Gasteiger partial charge in [-0.2, -0.15) is 0 Å². The van der Waals surface area contributed by atoms with Gasteiger partial charge in [-0.15, -0.1) is 0 Å². The summed E-state index contributed by atoms with van der Waals surface area (Å²) in [7, 11) is 1.36. The van der Waals surface area contributed by atoms with Crippen LogP contribution in [-0.4, -0.2) is 36.9 Å². The van der Waals surface area contributed by atoms with Crippen LogP contribution in [0.1, 0.15) is 54.6 Å². The smallest absolute Gasteiger partial charge is 0.248 e. The summed E-state index contributed by atoms with van der Waals surface area (Å²) in [4.78, 5) is 40.1. The van der Waals surface area contributed by atoms with Gasteiger partial charge in [0.05, 0.1) is 34.6 Å². The van der Waals surface area contributed by atoms with E-state index in [1.54, 1.807) is 0 Å². The molecule has 5 rings (SSSR count). The third-order valence-electron chi connectivity index (χ3n) is 8.07. The molecule has 1 unspecified atom stereocenters. The number of primary amides is 1. The molecular weight excluding hydrogens is 601 g/mol. The Morgan fingerprint density at radius 2 is 1.77 bits per heavy atom. The van der Waals surface area contributed by atoms with Gasteiger partial charge in [-0.1, -0.05) is 62.2 Å². The van der Waals surface area contributed by atoms with Crippen molar-refractivity contribution in [1.29, 1.82) is 0 Å². The maximum absolute atomic E-state index is 15.9. The van der Waals surface area contributed by atoms with Crippen molar-refractivity contribution >= 4 is 52.3 Å². The molecule has 2 heterocycles. The molecule has 5 N–H and O–H groups in total. The summed E-state index contributed by atoms with van der Waals surface area (Å²) in [5.74, 6) is -4.56. The fourth-order valence-corrected chi connectivity index (χ4v) is 6.68. The van der Waals surface area contributed by atoms with Gasteiger partial charge in [-0.25, -0.2) is 8.78 Å². The molecule has 1 fully saturated rings. The molecule has 0 saturated carbocycles. The van der Waals surface area contributed by atoms with Gasteiger partial charge in [-0.05, 0) is 53.3 Å². The second-order valence-corrected chi connectivity index (χ2v) is 12.8. The Bertz CT molecular complexity index is 1660. The van der Waals surface area contributed by atoms with Crippen LogP contribution in [-0.2, 0) is 15.0 Å². The number of amides is 3. The average Bonchev–Trinajstić information content (AvgIpc) is 3.42. The fourth-order valence-electron chi connectivity index (χ4n) is 6.34. The first kappa shape index (κ1) is 30.7. The highest BCUT2D eigenvalue weighted by atomic mass is 35.5. The average molecular weight is 632 g/mol. The number of halogens is 4. The van der Waals surface area contributed by atoms with Crippen LogP contribution in [0.3, 0.4) is 0 Å². The molecule has 3 amide bonds. The largest absolute Gasteiger partial charge is 0.495 e. The summed E-state index contributed by atoms with van der Waals surface area (Å²) in [6, 6.07) is 9.54. The van der Waals surface area contributed by atoms with E-state index in [0.29, 0.717) is 6.42 Å². The van der Waals surface area contributed by atoms with E-state index in [2.05, 4.69) is 16.0 Å². The van der Waals surface area contributed by atoms with E-state index in [0.717, 1.165) is 0 Å². The highest BCUT2D eigenvalue weighted by Gasteiger charge is 2.66. The van der Waals surface area contributed by atoms with Crippen molar-refractivity contribution in [3.63, 3.8) is 0 Å². The normalized spacial score (nSPS) is 22.8. The van der Waals surface area contributed by atoms with Crippen LogP contribution in [0.4, 0.5) is 20.2 Å². The van der Waals surface area contributed by atoms with Gasteiger partial charge < -0.3 is 26.4 Å². The lowest BCUT2D eigenvalue weighted by atomic mass is 9.62. The first-order valence-electron chi connectivity index (χ1n) is 13.5. The van der Waals surface area contributed by atoms with Crippen molar-refractivity contribution in [1.82, 2.24) is 5.32 Å². The van der Waals surface area contributed by atoms with Crippen molar-refractivity contribution in [2.75, 3.05) is 17.7 Å². The van der Waals surface area contributed by atoms with E-state index in [1.807, 2.05) is 20.8 Å². The highest BCUT2D eigenvalue weighted by Crippen LogP contribution is 2.57. The van der Waals surface area contributed by atoms with Crippen LogP contribution in [0, 0.1) is 17.0 Å². The predicted molar refractivity (Wildman–Crippen MR) is 161 cm³/mol. The maximum Gasteiger partial charge on any atom is 0.248 e. The third-order valence-corrected chi connectivity index (χ3v) is 8.65. The molecule has 3 aromatic rings. The zero-order valence-electron chi connectivity index (χ0n) is 23.8. The molecule has 4 atom stereocenters. The molecule has 0 bridgehead atoms. The summed E-state index contributed by atoms with van der Waals surface area (Å²) in [5, 5.41) is 8.36. The quantitative estimate of drug-likeness (QED) is 0.275. The van der Waals surface area contributed by atoms with Gasteiger partial charge >= 0.3 is 0 Å². The number of rotatable bonds is 6. The molecular formula is C31H30Cl2F2N4O4. The number of anilines is 2. The lowest BCUT2D eigenvalue weighted by Crippen LogP contribution is -2.49. The van der Waals surface area contributed by atoms with Gasteiger partial charge in [0.15, 0.2) is 5.82 Å². The monoisotopic (exact) mass is 630 g/mol. The standard InChI is InChI=1S/C31H30Cl2F2N4O4/c1-30(2,3)13-21-31(16-9-10-18(33)24(35)25(16)39-29(31)42)22(15-6-5-7-17(32)23(15)34)26(38-21)28(41)37-19-11-8-14(27(36)40)12-20(19)43-4/h5-12,21-22,26,38H,13H2,1-4H3,(H2,36,40)(H,37,41)(H,39,42)/t21-,22+,26+,31?/m0/s1. The molecule has 12 heteroatoms. The second-order valence-electron chi connectivity index (χ2n) is 12.0. The van der Waals surface area contributed by atoms with Gasteiger partial charge in [0.1, 0.15) is 17.0 Å². The molecule has 8 nitrogen and oxygen atoms in total. The van der Waals surface area contributed by atoms with E-state index in [1.165, 1.54) is 55.6 Å². The van der Waals surface area contributed by atoms with Crippen LogP contribution < -0.4 is 26.4 Å². The minimum atomic E-state index is -1.64. The van der Waals surface area contributed by atoms with Crippen molar-refractivity contribution in [3.05, 3.63) is 86.9 Å². The number of carbonyl (C=O) groups excluding carboxylic acids is 3. The number of fused-ring (bicyclic) bond motifs is 2. The minimum absolute atomic E-state index is 0.00552. The van der Waals surface area contributed by atoms with Gasteiger partial charge in [-0.3, -0.25) is 14.4 Å². The van der Waals surface area contributed by atoms with Crippen LogP contribution in [0.2, 0.25) is 10.0 Å². The molecule has 3 aromatic carbocycles. The number of carbonyl (C=O) groups is 3. The Morgan fingerprint density at radius 3 is 2.42 bits per heavy atom. The zero-order valence-corrected chi connectivity index (χ0v) is 25.3. The summed E-state index contributed by atoms with van der Waals surface area (Å²) < 4.78 is 36.7. The van der Waals surface area contributed by atoms with E-state index in [4.69, 9.17) is 33.7 Å². The first-order chi connectivity index (χ1) is 20.2. The van der Waals surface area contributed by atoms with Crippen LogP contribution in [0.15, 0.2) is 48.5 Å². The number of methoxy groups -OCH3 is 1. The number of ether oxygens (including phenoxy) is 1.